The third kappa shape index (κ3) is 5.54. The molecule has 1 aliphatic rings. The molecule has 1 aliphatic heterocycles. The molecule has 0 bridgehead atoms. The van der Waals surface area contributed by atoms with Crippen LogP contribution in [0.15, 0.2) is 29.3 Å². The number of hydrogen-bond donors (Lipinski definition) is 2. The summed E-state index contributed by atoms with van der Waals surface area (Å²) < 4.78 is 10.7. The molecule has 0 radical (unpaired) electrons. The van der Waals surface area contributed by atoms with E-state index in [2.05, 4.69) is 15.6 Å². The number of benzene rings is 1. The van der Waals surface area contributed by atoms with Gasteiger partial charge < -0.3 is 20.1 Å². The van der Waals surface area contributed by atoms with Crippen LogP contribution in [0, 0.1) is 0 Å². The lowest BCUT2D eigenvalue weighted by molar-refractivity contribution is 0.321. The predicted octanol–water partition coefficient (Wildman–Crippen LogP) is 1.63. The first-order valence-corrected chi connectivity index (χ1v) is 6.17. The van der Waals surface area contributed by atoms with E-state index in [-0.39, 0.29) is 24.0 Å². The third-order valence-corrected chi connectivity index (χ3v) is 2.62. The van der Waals surface area contributed by atoms with Gasteiger partial charge in [-0.2, -0.15) is 0 Å². The summed E-state index contributed by atoms with van der Waals surface area (Å²) in [5, 5.41) is 6.40. The Kier molecular flexibility index (Phi) is 7.39. The molecule has 2 N–H and O–H groups in total. The number of nitrogens with one attached hydrogen (secondary N) is 2. The lowest BCUT2D eigenvalue weighted by Gasteiger charge is -2.16. The van der Waals surface area contributed by atoms with Crippen molar-refractivity contribution in [1.82, 2.24) is 10.6 Å². The topological polar surface area (TPSA) is 54.9 Å². The van der Waals surface area contributed by atoms with E-state index in [1.54, 1.807) is 7.11 Å². The van der Waals surface area contributed by atoms with E-state index >= 15 is 0 Å². The van der Waals surface area contributed by atoms with Crippen LogP contribution in [0.25, 0.3) is 0 Å². The fourth-order valence-electron chi connectivity index (χ4n) is 1.66. The lowest BCUT2D eigenvalue weighted by atomic mass is 10.3. The molecular formula is C13H20IN3O2. The first kappa shape index (κ1) is 15.9. The van der Waals surface area contributed by atoms with Gasteiger partial charge in [-0.15, -0.1) is 24.0 Å². The lowest BCUT2D eigenvalue weighted by Crippen LogP contribution is -2.42. The second-order valence-electron chi connectivity index (χ2n) is 3.96. The van der Waals surface area contributed by atoms with Gasteiger partial charge >= 0.3 is 0 Å². The Morgan fingerprint density at radius 1 is 1.26 bits per heavy atom. The van der Waals surface area contributed by atoms with Crippen molar-refractivity contribution >= 4 is 29.9 Å². The summed E-state index contributed by atoms with van der Waals surface area (Å²) in [5.41, 5.74) is 0. The molecule has 1 aromatic rings. The van der Waals surface area contributed by atoms with Gasteiger partial charge in [-0.1, -0.05) is 0 Å². The molecule has 0 saturated carbocycles. The molecule has 1 heterocycles. The van der Waals surface area contributed by atoms with E-state index in [1.165, 1.54) is 0 Å². The van der Waals surface area contributed by atoms with Crippen molar-refractivity contribution in [3.05, 3.63) is 24.3 Å². The molecule has 0 aromatic heterocycles. The van der Waals surface area contributed by atoms with Crippen LogP contribution in [0.4, 0.5) is 0 Å². The standard InChI is InChI=1S/C13H19N3O2.HI/c1-17-11-3-5-12(6-4-11)18-10-9-16-13-14-7-2-8-15-13;/h3-6H,2,7-10H2,1H3,(H2,14,15,16);1H. The quantitative estimate of drug-likeness (QED) is 0.605. The SMILES string of the molecule is COc1ccc(OCCNC2=NCCCN2)cc1.I. The van der Waals surface area contributed by atoms with E-state index in [9.17, 15) is 0 Å². The second kappa shape index (κ2) is 8.84. The van der Waals surface area contributed by atoms with Crippen LogP contribution in [0.1, 0.15) is 6.42 Å². The molecule has 0 spiro atoms. The van der Waals surface area contributed by atoms with Gasteiger partial charge in [0.1, 0.15) is 18.1 Å². The van der Waals surface area contributed by atoms with Crippen molar-refractivity contribution in [2.45, 2.75) is 6.42 Å². The van der Waals surface area contributed by atoms with Gasteiger partial charge in [0, 0.05) is 13.1 Å². The summed E-state index contributed by atoms with van der Waals surface area (Å²) in [4.78, 5) is 4.32. The molecule has 106 valence electrons. The first-order valence-electron chi connectivity index (χ1n) is 6.17. The zero-order valence-electron chi connectivity index (χ0n) is 11.0. The van der Waals surface area contributed by atoms with Crippen LogP contribution in [0.2, 0.25) is 0 Å². The monoisotopic (exact) mass is 377 g/mol. The van der Waals surface area contributed by atoms with Crippen LogP contribution >= 0.6 is 24.0 Å². The Hall–Kier alpha value is -1.18. The summed E-state index contributed by atoms with van der Waals surface area (Å²) in [6.45, 7) is 3.23. The van der Waals surface area contributed by atoms with E-state index < -0.39 is 0 Å². The summed E-state index contributed by atoms with van der Waals surface area (Å²) in [5.74, 6) is 2.55. The molecular weight excluding hydrogens is 357 g/mol. The van der Waals surface area contributed by atoms with Crippen molar-refractivity contribution in [1.29, 1.82) is 0 Å². The van der Waals surface area contributed by atoms with Gasteiger partial charge in [0.05, 0.1) is 13.7 Å². The molecule has 5 nitrogen and oxygen atoms in total. The Balaban J connectivity index is 0.00000180. The molecule has 19 heavy (non-hydrogen) atoms. The summed E-state index contributed by atoms with van der Waals surface area (Å²) in [6, 6.07) is 7.56. The normalized spacial score (nSPS) is 13.6. The minimum Gasteiger partial charge on any atom is -0.497 e. The van der Waals surface area contributed by atoms with Gasteiger partial charge in [0.2, 0.25) is 0 Å². The zero-order valence-corrected chi connectivity index (χ0v) is 13.3. The smallest absolute Gasteiger partial charge is 0.191 e. The molecule has 0 saturated heterocycles. The molecule has 6 heteroatoms. The largest absolute Gasteiger partial charge is 0.497 e. The number of hydrogen-bond acceptors (Lipinski definition) is 5. The molecule has 0 aliphatic carbocycles. The van der Waals surface area contributed by atoms with Crippen LogP contribution in [-0.2, 0) is 0 Å². The van der Waals surface area contributed by atoms with Crippen LogP contribution < -0.4 is 20.1 Å². The van der Waals surface area contributed by atoms with E-state index in [0.717, 1.165) is 43.5 Å². The number of rotatable bonds is 5. The third-order valence-electron chi connectivity index (χ3n) is 2.62. The molecule has 0 amide bonds. The first-order chi connectivity index (χ1) is 8.88. The van der Waals surface area contributed by atoms with Crippen molar-refractivity contribution in [3.8, 4) is 11.5 Å². The van der Waals surface area contributed by atoms with Gasteiger partial charge in [-0.25, -0.2) is 0 Å². The number of aliphatic imine (C=N–C) groups is 1. The Morgan fingerprint density at radius 3 is 2.63 bits per heavy atom. The number of halogens is 1. The average Bonchev–Trinajstić information content (AvgIpc) is 2.45. The minimum absolute atomic E-state index is 0. The van der Waals surface area contributed by atoms with Crippen molar-refractivity contribution in [2.24, 2.45) is 4.99 Å². The molecule has 0 unspecified atom stereocenters. The maximum atomic E-state index is 5.60. The van der Waals surface area contributed by atoms with Crippen LogP contribution in [-0.4, -0.2) is 39.3 Å². The fraction of sp³-hybridized carbons (Fsp3) is 0.462. The Labute approximate surface area is 130 Å². The highest BCUT2D eigenvalue weighted by molar-refractivity contribution is 14.0. The molecule has 0 fully saturated rings. The zero-order chi connectivity index (χ0) is 12.6. The number of methoxy groups -OCH3 is 1. The van der Waals surface area contributed by atoms with E-state index in [4.69, 9.17) is 9.47 Å². The number of ether oxygens (including phenoxy) is 2. The Morgan fingerprint density at radius 2 is 2.00 bits per heavy atom. The highest BCUT2D eigenvalue weighted by atomic mass is 127. The van der Waals surface area contributed by atoms with Crippen molar-refractivity contribution < 1.29 is 9.47 Å². The Bertz CT molecular complexity index is 395. The van der Waals surface area contributed by atoms with Gasteiger partial charge in [0.15, 0.2) is 5.96 Å². The maximum Gasteiger partial charge on any atom is 0.191 e. The van der Waals surface area contributed by atoms with Gasteiger partial charge in [-0.05, 0) is 30.7 Å². The van der Waals surface area contributed by atoms with Gasteiger partial charge in [0.25, 0.3) is 0 Å². The number of guanidine groups is 1. The maximum absolute atomic E-state index is 5.60. The summed E-state index contributed by atoms with van der Waals surface area (Å²) in [7, 11) is 1.65. The predicted molar refractivity (Wildman–Crippen MR) is 86.8 cm³/mol. The molecule has 0 atom stereocenters. The molecule has 2 rings (SSSR count). The summed E-state index contributed by atoms with van der Waals surface area (Å²) >= 11 is 0. The van der Waals surface area contributed by atoms with E-state index in [1.807, 2.05) is 24.3 Å². The highest BCUT2D eigenvalue weighted by Gasteiger charge is 2.02. The highest BCUT2D eigenvalue weighted by Crippen LogP contribution is 2.16. The average molecular weight is 377 g/mol. The van der Waals surface area contributed by atoms with Crippen LogP contribution in [0.3, 0.4) is 0 Å². The van der Waals surface area contributed by atoms with Gasteiger partial charge in [-0.3, -0.25) is 4.99 Å². The van der Waals surface area contributed by atoms with E-state index in [0.29, 0.717) is 6.61 Å². The second-order valence-corrected chi connectivity index (χ2v) is 3.96. The van der Waals surface area contributed by atoms with Crippen LogP contribution in [0.5, 0.6) is 11.5 Å². The fourth-order valence-corrected chi connectivity index (χ4v) is 1.66. The van der Waals surface area contributed by atoms with Crippen molar-refractivity contribution in [2.75, 3.05) is 33.4 Å². The summed E-state index contributed by atoms with van der Waals surface area (Å²) in [6.07, 6.45) is 1.10. The molecule has 1 aromatic carbocycles. The minimum atomic E-state index is 0. The van der Waals surface area contributed by atoms with Crippen molar-refractivity contribution in [3.63, 3.8) is 0 Å². The number of nitrogens with zero attached hydrogens (tertiary/aromatic N) is 1.